The first-order valence-corrected chi connectivity index (χ1v) is 14.0. The molecule has 46 heavy (non-hydrogen) atoms. The van der Waals surface area contributed by atoms with Crippen molar-refractivity contribution in [3.8, 4) is 0 Å². The van der Waals surface area contributed by atoms with Crippen LogP contribution in [-0.4, -0.2) is 52.9 Å². The molecule has 4 N–H and O–H groups in total. The molecule has 0 saturated carbocycles. The normalized spacial score (nSPS) is 11.7. The van der Waals surface area contributed by atoms with Gasteiger partial charge in [-0.25, -0.2) is 14.4 Å². The molecule has 0 aliphatic carbocycles. The van der Waals surface area contributed by atoms with E-state index in [1.54, 1.807) is 30.3 Å². The van der Waals surface area contributed by atoms with Gasteiger partial charge >= 0.3 is 17.9 Å². The van der Waals surface area contributed by atoms with Crippen molar-refractivity contribution >= 4 is 64.5 Å². The van der Waals surface area contributed by atoms with Gasteiger partial charge in [-0.05, 0) is 84.9 Å². The fourth-order valence-electron chi connectivity index (χ4n) is 3.79. The number of aliphatic carboxylic acids is 1. The molecular weight excluding hydrogens is 641 g/mol. The van der Waals surface area contributed by atoms with Gasteiger partial charge in [0.2, 0.25) is 12.2 Å². The summed E-state index contributed by atoms with van der Waals surface area (Å²) < 4.78 is 10.2. The Kier molecular flexibility index (Phi) is 11.1. The van der Waals surface area contributed by atoms with E-state index in [2.05, 4.69) is 10.7 Å². The van der Waals surface area contributed by atoms with Crippen LogP contribution in [0.1, 0.15) is 41.4 Å². The van der Waals surface area contributed by atoms with Crippen LogP contribution in [0.25, 0.3) is 0 Å². The zero-order chi connectivity index (χ0) is 33.2. The average molecular weight is 664 g/mol. The molecule has 4 rings (SSSR count). The van der Waals surface area contributed by atoms with Gasteiger partial charge in [-0.1, -0.05) is 41.4 Å². The third-order valence-electron chi connectivity index (χ3n) is 6.14. The molecule has 0 bridgehead atoms. The Hall–Kier alpha value is -5.72. The predicted molar refractivity (Wildman–Crippen MR) is 165 cm³/mol. The van der Waals surface area contributed by atoms with Crippen LogP contribution in [0.5, 0.6) is 0 Å². The van der Waals surface area contributed by atoms with Crippen molar-refractivity contribution in [2.24, 2.45) is 0 Å². The van der Waals surface area contributed by atoms with E-state index in [4.69, 9.17) is 32.7 Å². The van der Waals surface area contributed by atoms with E-state index < -0.39 is 41.9 Å². The maximum atomic E-state index is 13.2. The van der Waals surface area contributed by atoms with Crippen LogP contribution in [-0.2, 0) is 19.1 Å². The highest BCUT2D eigenvalue weighted by Crippen LogP contribution is 2.17. The molecule has 4 aromatic carbocycles. The number of rotatable bonds is 10. The Morgan fingerprint density at radius 1 is 0.543 bits per heavy atom. The lowest BCUT2D eigenvalue weighted by Crippen LogP contribution is -2.54. The fraction of sp³-hybridized carbons (Fsp3) is 0.0625. The minimum Gasteiger partial charge on any atom is -0.478 e. The average Bonchev–Trinajstić information content (AvgIpc) is 3.06. The Balaban J connectivity index is 1.47. The summed E-state index contributed by atoms with van der Waals surface area (Å²) in [5.41, 5.74) is 4.73. The number of carbonyl (C=O) groups is 6. The molecule has 2 atom stereocenters. The van der Waals surface area contributed by atoms with Crippen LogP contribution in [0.3, 0.4) is 0 Å². The lowest BCUT2D eigenvalue weighted by atomic mass is 10.1. The molecule has 0 saturated heterocycles. The minimum absolute atomic E-state index is 0.0386. The first-order chi connectivity index (χ1) is 22.0. The van der Waals surface area contributed by atoms with Gasteiger partial charge in [0.05, 0.1) is 11.1 Å². The van der Waals surface area contributed by atoms with Crippen LogP contribution in [0.4, 0.5) is 5.69 Å². The van der Waals surface area contributed by atoms with Crippen molar-refractivity contribution in [2.45, 2.75) is 12.2 Å². The summed E-state index contributed by atoms with van der Waals surface area (Å²) >= 11 is 11.7. The standard InChI is InChI=1S/C32H23Cl2N3O9/c33-22-12-6-20(7-13-22)31(43)45-25(26(30(41)42)46-32(44)21-8-14-23(34)15-9-21)29(40)37-36-28(39)19-10-16-24(17-11-19)35-27(38)18-4-2-1-3-5-18/h1-17,25-26H,(H,35,38)(H,36,39)(H,37,40)(H,41,42)/t25-,26+/m1/s1. The molecule has 0 radical (unpaired) electrons. The molecule has 0 unspecified atom stereocenters. The molecule has 0 aromatic heterocycles. The molecule has 4 aromatic rings. The van der Waals surface area contributed by atoms with Crippen molar-refractivity contribution < 1.29 is 43.3 Å². The lowest BCUT2D eigenvalue weighted by Gasteiger charge is -2.23. The van der Waals surface area contributed by atoms with Crippen LogP contribution in [0, 0.1) is 0 Å². The molecule has 0 spiro atoms. The Bertz CT molecular complexity index is 1750. The first kappa shape index (κ1) is 33.2. The quantitative estimate of drug-likeness (QED) is 0.140. The van der Waals surface area contributed by atoms with Crippen molar-refractivity contribution in [3.05, 3.63) is 135 Å². The van der Waals surface area contributed by atoms with Gasteiger partial charge in [-0.15, -0.1) is 0 Å². The molecule has 3 amide bonds. The molecule has 0 aliphatic rings. The number of hydrogen-bond acceptors (Lipinski definition) is 8. The molecule has 0 heterocycles. The van der Waals surface area contributed by atoms with Crippen LogP contribution in [0.15, 0.2) is 103 Å². The third kappa shape index (κ3) is 8.91. The maximum Gasteiger partial charge on any atom is 0.349 e. The van der Waals surface area contributed by atoms with Crippen LogP contribution in [0.2, 0.25) is 10.0 Å². The number of halogens is 2. The van der Waals surface area contributed by atoms with Crippen molar-refractivity contribution in [1.82, 2.24) is 10.9 Å². The predicted octanol–water partition coefficient (Wildman–Crippen LogP) is 4.54. The number of hydrogen-bond donors (Lipinski definition) is 4. The van der Waals surface area contributed by atoms with E-state index >= 15 is 0 Å². The second kappa shape index (κ2) is 15.3. The lowest BCUT2D eigenvalue weighted by molar-refractivity contribution is -0.159. The number of benzene rings is 4. The van der Waals surface area contributed by atoms with Crippen LogP contribution < -0.4 is 16.2 Å². The van der Waals surface area contributed by atoms with E-state index in [9.17, 15) is 33.9 Å². The maximum absolute atomic E-state index is 13.2. The Morgan fingerprint density at radius 3 is 1.50 bits per heavy atom. The van der Waals surface area contributed by atoms with Gasteiger partial charge < -0.3 is 19.9 Å². The number of hydrazine groups is 1. The second-order valence-electron chi connectivity index (χ2n) is 9.34. The summed E-state index contributed by atoms with van der Waals surface area (Å²) in [6.45, 7) is 0. The fourth-order valence-corrected chi connectivity index (χ4v) is 4.04. The summed E-state index contributed by atoms with van der Waals surface area (Å²) in [5, 5.41) is 13.1. The highest BCUT2D eigenvalue weighted by atomic mass is 35.5. The van der Waals surface area contributed by atoms with Gasteiger partial charge in [-0.2, -0.15) is 0 Å². The van der Waals surface area contributed by atoms with Gasteiger partial charge in [0, 0.05) is 26.9 Å². The van der Waals surface area contributed by atoms with Gasteiger partial charge in [-0.3, -0.25) is 25.2 Å². The van der Waals surface area contributed by atoms with Gasteiger partial charge in [0.15, 0.2) is 0 Å². The third-order valence-corrected chi connectivity index (χ3v) is 6.65. The number of esters is 2. The highest BCUT2D eigenvalue weighted by molar-refractivity contribution is 6.31. The number of amides is 3. The smallest absolute Gasteiger partial charge is 0.349 e. The van der Waals surface area contributed by atoms with Crippen LogP contribution >= 0.6 is 23.2 Å². The zero-order valence-corrected chi connectivity index (χ0v) is 25.0. The topological polar surface area (TPSA) is 177 Å². The SMILES string of the molecule is O=C(NNC(=O)[C@H](OC(=O)c1ccc(Cl)cc1)[C@H](OC(=O)c1ccc(Cl)cc1)C(=O)O)c1ccc(NC(=O)c2ccccc2)cc1. The van der Waals surface area contributed by atoms with E-state index in [-0.39, 0.29) is 22.6 Å². The molecular formula is C32H23Cl2N3O9. The highest BCUT2D eigenvalue weighted by Gasteiger charge is 2.41. The number of anilines is 1. The van der Waals surface area contributed by atoms with Gasteiger partial charge in [0.25, 0.3) is 17.7 Å². The monoisotopic (exact) mass is 663 g/mol. The van der Waals surface area contributed by atoms with E-state index in [1.807, 2.05) is 5.43 Å². The summed E-state index contributed by atoms with van der Waals surface area (Å²) in [5.74, 6) is -6.68. The molecule has 0 fully saturated rings. The van der Waals surface area contributed by atoms with Gasteiger partial charge in [0.1, 0.15) is 0 Å². The summed E-state index contributed by atoms with van der Waals surface area (Å²) in [7, 11) is 0. The molecule has 12 nitrogen and oxygen atoms in total. The zero-order valence-electron chi connectivity index (χ0n) is 23.4. The number of carboxylic acid groups (broad SMARTS) is 1. The molecule has 234 valence electrons. The number of ether oxygens (including phenoxy) is 2. The van der Waals surface area contributed by atoms with Crippen molar-refractivity contribution in [3.63, 3.8) is 0 Å². The van der Waals surface area contributed by atoms with E-state index in [1.165, 1.54) is 72.8 Å². The van der Waals surface area contributed by atoms with E-state index in [0.29, 0.717) is 21.3 Å². The number of carboxylic acids is 1. The Labute approximate surface area is 271 Å². The summed E-state index contributed by atoms with van der Waals surface area (Å²) in [6.07, 6.45) is -4.61. The molecule has 14 heteroatoms. The first-order valence-electron chi connectivity index (χ1n) is 13.2. The van der Waals surface area contributed by atoms with Crippen molar-refractivity contribution in [2.75, 3.05) is 5.32 Å². The largest absolute Gasteiger partial charge is 0.478 e. The number of carbonyl (C=O) groups excluding carboxylic acids is 5. The molecule has 0 aliphatic heterocycles. The second-order valence-corrected chi connectivity index (χ2v) is 10.2. The summed E-state index contributed by atoms with van der Waals surface area (Å²) in [6, 6.07) is 24.6. The minimum atomic E-state index is -2.34. The Morgan fingerprint density at radius 2 is 1.00 bits per heavy atom. The number of nitrogens with one attached hydrogen (secondary N) is 3. The van der Waals surface area contributed by atoms with E-state index in [0.717, 1.165) is 0 Å². The van der Waals surface area contributed by atoms with Crippen molar-refractivity contribution in [1.29, 1.82) is 0 Å². The summed E-state index contributed by atoms with van der Waals surface area (Å²) in [4.78, 5) is 76.0.